The number of rotatable bonds is 4. The lowest BCUT2D eigenvalue weighted by Gasteiger charge is -2.13. The van der Waals surface area contributed by atoms with Crippen molar-refractivity contribution in [3.63, 3.8) is 0 Å². The van der Waals surface area contributed by atoms with Crippen molar-refractivity contribution in [1.82, 2.24) is 15.1 Å². The Kier molecular flexibility index (Phi) is 3.73. The minimum atomic E-state index is -2.93. The Bertz CT molecular complexity index is 787. The summed E-state index contributed by atoms with van der Waals surface area (Å²) in [4.78, 5) is 8.57. The first-order valence-corrected chi connectivity index (χ1v) is 8.75. The van der Waals surface area contributed by atoms with Crippen molar-refractivity contribution in [2.45, 2.75) is 26.3 Å². The van der Waals surface area contributed by atoms with E-state index < -0.39 is 9.84 Å². The maximum absolute atomic E-state index is 11.5. The molecule has 3 heterocycles. The Hall–Kier alpha value is -2.16. The predicted molar refractivity (Wildman–Crippen MR) is 82.0 cm³/mol. The molecule has 3 rings (SSSR count). The first kappa shape index (κ1) is 14.8. The van der Waals surface area contributed by atoms with Gasteiger partial charge in [-0.05, 0) is 20.3 Å². The molecular weight excluding hydrogens is 306 g/mol. The highest BCUT2D eigenvalue weighted by Crippen LogP contribution is 2.20. The molecule has 1 saturated heterocycles. The topological polar surface area (TPSA) is 110 Å². The molecule has 0 saturated carbocycles. The maximum atomic E-state index is 11.5. The Labute approximate surface area is 128 Å². The molecule has 22 heavy (non-hydrogen) atoms. The van der Waals surface area contributed by atoms with Crippen molar-refractivity contribution >= 4 is 27.3 Å². The van der Waals surface area contributed by atoms with Crippen LogP contribution >= 0.6 is 0 Å². The predicted octanol–water partition coefficient (Wildman–Crippen LogP) is 1.42. The molecule has 1 aliphatic heterocycles. The Morgan fingerprint density at radius 3 is 2.59 bits per heavy atom. The number of aryl methyl sites for hydroxylation is 2. The van der Waals surface area contributed by atoms with E-state index >= 15 is 0 Å². The average molecular weight is 323 g/mol. The number of sulfone groups is 1. The van der Waals surface area contributed by atoms with Crippen LogP contribution in [0.5, 0.6) is 0 Å². The number of nitrogens with one attached hydrogen (secondary N) is 2. The first-order valence-electron chi connectivity index (χ1n) is 6.93. The van der Waals surface area contributed by atoms with E-state index in [9.17, 15) is 8.42 Å². The number of anilines is 3. The van der Waals surface area contributed by atoms with Crippen molar-refractivity contribution in [3.8, 4) is 0 Å². The monoisotopic (exact) mass is 323 g/mol. The molecule has 0 radical (unpaired) electrons. The van der Waals surface area contributed by atoms with Gasteiger partial charge in [0, 0.05) is 18.2 Å². The first-order chi connectivity index (χ1) is 10.4. The van der Waals surface area contributed by atoms with Gasteiger partial charge in [0.05, 0.1) is 11.5 Å². The molecular formula is C13H17N5O3S. The molecule has 2 aromatic rings. The van der Waals surface area contributed by atoms with Crippen LogP contribution in [0.2, 0.25) is 0 Å². The van der Waals surface area contributed by atoms with Crippen LogP contribution in [0.3, 0.4) is 0 Å². The largest absolute Gasteiger partial charge is 0.366 e. The summed E-state index contributed by atoms with van der Waals surface area (Å²) < 4.78 is 28.0. The van der Waals surface area contributed by atoms with E-state index in [1.54, 1.807) is 26.0 Å². The van der Waals surface area contributed by atoms with Crippen LogP contribution in [0.1, 0.15) is 18.0 Å². The fourth-order valence-electron chi connectivity index (χ4n) is 2.38. The molecule has 0 aliphatic carbocycles. The van der Waals surface area contributed by atoms with Gasteiger partial charge in [-0.2, -0.15) is 0 Å². The molecule has 118 valence electrons. The molecule has 2 aromatic heterocycles. The maximum Gasteiger partial charge on any atom is 0.175 e. The summed E-state index contributed by atoms with van der Waals surface area (Å²) in [5.74, 6) is 3.36. The van der Waals surface area contributed by atoms with Crippen molar-refractivity contribution in [2.75, 3.05) is 22.1 Å². The van der Waals surface area contributed by atoms with Crippen LogP contribution in [0.4, 0.5) is 17.5 Å². The third-order valence-corrected chi connectivity index (χ3v) is 5.07. The van der Waals surface area contributed by atoms with Crippen molar-refractivity contribution < 1.29 is 12.9 Å². The minimum absolute atomic E-state index is 0.110. The van der Waals surface area contributed by atoms with Crippen LogP contribution in [0, 0.1) is 13.8 Å². The van der Waals surface area contributed by atoms with Gasteiger partial charge in [0.2, 0.25) is 0 Å². The van der Waals surface area contributed by atoms with Crippen LogP contribution in [0.15, 0.2) is 16.7 Å². The lowest BCUT2D eigenvalue weighted by molar-refractivity contribution is 0.400. The third kappa shape index (κ3) is 3.53. The summed E-state index contributed by atoms with van der Waals surface area (Å²) >= 11 is 0. The summed E-state index contributed by atoms with van der Waals surface area (Å²) in [6.45, 7) is 3.58. The average Bonchev–Trinajstić information content (AvgIpc) is 2.94. The van der Waals surface area contributed by atoms with E-state index in [0.29, 0.717) is 35.5 Å². The van der Waals surface area contributed by atoms with Crippen LogP contribution in [-0.2, 0) is 9.84 Å². The lowest BCUT2D eigenvalue weighted by atomic mass is 10.2. The van der Waals surface area contributed by atoms with Crippen LogP contribution in [-0.4, -0.2) is 41.1 Å². The minimum Gasteiger partial charge on any atom is -0.366 e. The number of nitrogens with zero attached hydrogens (tertiary/aromatic N) is 3. The quantitative estimate of drug-likeness (QED) is 0.869. The van der Waals surface area contributed by atoms with E-state index in [1.807, 2.05) is 0 Å². The van der Waals surface area contributed by atoms with Gasteiger partial charge in [-0.25, -0.2) is 18.4 Å². The lowest BCUT2D eigenvalue weighted by Crippen LogP contribution is -2.21. The van der Waals surface area contributed by atoms with Gasteiger partial charge in [0.1, 0.15) is 23.2 Å². The zero-order chi connectivity index (χ0) is 15.7. The second-order valence-corrected chi connectivity index (χ2v) is 7.61. The molecule has 0 amide bonds. The van der Waals surface area contributed by atoms with Crippen molar-refractivity contribution in [3.05, 3.63) is 23.7 Å². The third-order valence-electron chi connectivity index (χ3n) is 3.31. The highest BCUT2D eigenvalue weighted by Gasteiger charge is 2.28. The van der Waals surface area contributed by atoms with Crippen LogP contribution in [0.25, 0.3) is 0 Å². The summed E-state index contributed by atoms with van der Waals surface area (Å²) in [7, 11) is -2.93. The van der Waals surface area contributed by atoms with E-state index in [0.717, 1.165) is 0 Å². The molecule has 8 nitrogen and oxygen atoms in total. The standard InChI is InChI=1S/C13H17N5O3S/c1-8-5-13(18-21-8)17-12-6-11(14-9(2)15-12)16-10-3-4-22(19,20)7-10/h5-6,10H,3-4,7H2,1-2H3,(H2,14,15,16,17,18). The molecule has 9 heteroatoms. The number of hydrogen-bond donors (Lipinski definition) is 2. The summed E-state index contributed by atoms with van der Waals surface area (Å²) in [6.07, 6.45) is 0.594. The van der Waals surface area contributed by atoms with Gasteiger partial charge in [0.15, 0.2) is 15.7 Å². The van der Waals surface area contributed by atoms with Gasteiger partial charge in [-0.15, -0.1) is 0 Å². The van der Waals surface area contributed by atoms with Crippen molar-refractivity contribution in [1.29, 1.82) is 0 Å². The van der Waals surface area contributed by atoms with Gasteiger partial charge in [-0.3, -0.25) is 0 Å². The van der Waals surface area contributed by atoms with Gasteiger partial charge < -0.3 is 15.2 Å². The van der Waals surface area contributed by atoms with Crippen LogP contribution < -0.4 is 10.6 Å². The van der Waals surface area contributed by atoms with E-state index in [1.165, 1.54) is 0 Å². The van der Waals surface area contributed by atoms with E-state index in [2.05, 4.69) is 25.8 Å². The highest BCUT2D eigenvalue weighted by molar-refractivity contribution is 7.91. The van der Waals surface area contributed by atoms with E-state index in [-0.39, 0.29) is 17.5 Å². The van der Waals surface area contributed by atoms with Gasteiger partial charge in [-0.1, -0.05) is 5.16 Å². The Morgan fingerprint density at radius 2 is 1.95 bits per heavy atom. The molecule has 0 bridgehead atoms. The second kappa shape index (κ2) is 5.56. The zero-order valence-electron chi connectivity index (χ0n) is 12.3. The molecule has 1 aliphatic rings. The number of aromatic nitrogens is 3. The van der Waals surface area contributed by atoms with Crippen molar-refractivity contribution in [2.24, 2.45) is 0 Å². The summed E-state index contributed by atoms with van der Waals surface area (Å²) in [5.41, 5.74) is 0. The Balaban J connectivity index is 1.75. The van der Waals surface area contributed by atoms with Gasteiger partial charge in [0.25, 0.3) is 0 Å². The zero-order valence-corrected chi connectivity index (χ0v) is 13.1. The fourth-order valence-corrected chi connectivity index (χ4v) is 4.05. The fraction of sp³-hybridized carbons (Fsp3) is 0.462. The molecule has 0 spiro atoms. The molecule has 1 unspecified atom stereocenters. The normalized spacial score (nSPS) is 20.0. The van der Waals surface area contributed by atoms with E-state index in [4.69, 9.17) is 4.52 Å². The smallest absolute Gasteiger partial charge is 0.175 e. The molecule has 1 atom stereocenters. The second-order valence-electron chi connectivity index (χ2n) is 5.38. The Morgan fingerprint density at radius 1 is 1.18 bits per heavy atom. The SMILES string of the molecule is Cc1nc(Nc2cc(C)on2)cc(NC2CCS(=O)(=O)C2)n1. The number of hydrogen-bond acceptors (Lipinski definition) is 8. The molecule has 0 aromatic carbocycles. The summed E-state index contributed by atoms with van der Waals surface area (Å²) in [6, 6.07) is 3.37. The van der Waals surface area contributed by atoms with Gasteiger partial charge >= 0.3 is 0 Å². The molecule has 1 fully saturated rings. The molecule has 2 N–H and O–H groups in total. The highest BCUT2D eigenvalue weighted by atomic mass is 32.2. The summed E-state index contributed by atoms with van der Waals surface area (Å²) in [5, 5.41) is 10.0.